The van der Waals surface area contributed by atoms with Crippen LogP contribution in [0.2, 0.25) is 0 Å². The van der Waals surface area contributed by atoms with Crippen LogP contribution in [0.25, 0.3) is 0 Å². The highest BCUT2D eigenvalue weighted by atomic mass is 16.2. The van der Waals surface area contributed by atoms with Gasteiger partial charge in [0.25, 0.3) is 5.91 Å². The Balaban J connectivity index is 2.10. The molecule has 2 aromatic heterocycles. The summed E-state index contributed by atoms with van der Waals surface area (Å²) in [5.74, 6) is 0.285. The van der Waals surface area contributed by atoms with Crippen LogP contribution in [0.3, 0.4) is 0 Å². The van der Waals surface area contributed by atoms with Crippen LogP contribution in [0.5, 0.6) is 0 Å². The summed E-state index contributed by atoms with van der Waals surface area (Å²) in [4.78, 5) is 24.4. The summed E-state index contributed by atoms with van der Waals surface area (Å²) in [7, 11) is 0. The molecule has 0 fully saturated rings. The van der Waals surface area contributed by atoms with E-state index in [1.807, 2.05) is 6.92 Å². The molecule has 2 rings (SSSR count). The average Bonchev–Trinajstić information content (AvgIpc) is 2.49. The molecule has 0 aliphatic carbocycles. The molecule has 8 nitrogen and oxygen atoms in total. The van der Waals surface area contributed by atoms with Crippen molar-refractivity contribution in [1.82, 2.24) is 25.1 Å². The molecule has 21 heavy (non-hydrogen) atoms. The van der Waals surface area contributed by atoms with Crippen molar-refractivity contribution in [2.24, 2.45) is 0 Å². The molecule has 0 unspecified atom stereocenters. The number of amides is 1. The molecule has 0 spiro atoms. The lowest BCUT2D eigenvalue weighted by molar-refractivity contribution is 0.102. The van der Waals surface area contributed by atoms with Crippen LogP contribution in [0.15, 0.2) is 12.4 Å². The third kappa shape index (κ3) is 3.91. The predicted molar refractivity (Wildman–Crippen MR) is 78.1 cm³/mol. The van der Waals surface area contributed by atoms with Crippen LogP contribution in [0.4, 0.5) is 11.8 Å². The second kappa shape index (κ2) is 6.69. The van der Waals surface area contributed by atoms with Crippen molar-refractivity contribution in [2.75, 3.05) is 17.2 Å². The summed E-state index contributed by atoms with van der Waals surface area (Å²) in [6.07, 6.45) is 3.92. The number of hydrogen-bond donors (Lipinski definition) is 2. The van der Waals surface area contributed by atoms with E-state index < -0.39 is 5.91 Å². The van der Waals surface area contributed by atoms with Gasteiger partial charge < -0.3 is 5.32 Å². The average molecular weight is 287 g/mol. The number of aryl methyl sites for hydroxylation is 2. The van der Waals surface area contributed by atoms with E-state index in [-0.39, 0.29) is 11.6 Å². The number of carbonyl (C=O) groups excluding carboxylic acids is 1. The fourth-order valence-corrected chi connectivity index (χ4v) is 1.49. The van der Waals surface area contributed by atoms with Gasteiger partial charge in [0.15, 0.2) is 0 Å². The van der Waals surface area contributed by atoms with Gasteiger partial charge in [-0.3, -0.25) is 15.1 Å². The number of carbonyl (C=O) groups is 1. The van der Waals surface area contributed by atoms with Crippen molar-refractivity contribution in [3.63, 3.8) is 0 Å². The second-order valence-corrected chi connectivity index (χ2v) is 4.48. The van der Waals surface area contributed by atoms with Crippen molar-refractivity contribution < 1.29 is 4.79 Å². The van der Waals surface area contributed by atoms with E-state index in [4.69, 9.17) is 0 Å². The molecule has 1 amide bonds. The van der Waals surface area contributed by atoms with E-state index in [9.17, 15) is 4.79 Å². The predicted octanol–water partition coefficient (Wildman–Crippen LogP) is 1.35. The molecular formula is C13H17N7O. The molecule has 0 aliphatic rings. The number of aromatic nitrogens is 5. The molecule has 8 heteroatoms. The van der Waals surface area contributed by atoms with Crippen molar-refractivity contribution in [3.05, 3.63) is 29.5 Å². The Bertz CT molecular complexity index is 644. The highest BCUT2D eigenvalue weighted by molar-refractivity contribution is 6.01. The summed E-state index contributed by atoms with van der Waals surface area (Å²) >= 11 is 0. The molecule has 0 atom stereocenters. The zero-order chi connectivity index (χ0) is 15.2. The van der Waals surface area contributed by atoms with Gasteiger partial charge in [0.05, 0.1) is 23.8 Å². The first-order chi connectivity index (χ1) is 10.1. The third-order valence-corrected chi connectivity index (χ3v) is 2.74. The highest BCUT2D eigenvalue weighted by Crippen LogP contribution is 2.06. The minimum atomic E-state index is -0.423. The third-order valence-electron chi connectivity index (χ3n) is 2.74. The Kier molecular flexibility index (Phi) is 4.70. The van der Waals surface area contributed by atoms with Crippen LogP contribution in [-0.4, -0.2) is 37.6 Å². The van der Waals surface area contributed by atoms with Crippen LogP contribution in [0.1, 0.15) is 35.2 Å². The van der Waals surface area contributed by atoms with E-state index in [1.54, 1.807) is 20.0 Å². The largest absolute Gasteiger partial charge is 0.369 e. The number of hydrogen-bond acceptors (Lipinski definition) is 7. The van der Waals surface area contributed by atoms with Gasteiger partial charge in [-0.05, 0) is 20.3 Å². The van der Waals surface area contributed by atoms with Gasteiger partial charge in [-0.2, -0.15) is 5.10 Å². The van der Waals surface area contributed by atoms with Crippen LogP contribution < -0.4 is 10.6 Å². The van der Waals surface area contributed by atoms with E-state index in [0.29, 0.717) is 11.5 Å². The standard InChI is InChI=1S/C13H17N7O/c1-4-5-15-11-7-14-6-10(17-11)12(21)18-13-16-8(2)9(3)19-20-13/h6-7H,4-5H2,1-3H3,(H,15,17)(H,16,18,20,21). The molecule has 110 valence electrons. The Morgan fingerprint density at radius 3 is 2.67 bits per heavy atom. The van der Waals surface area contributed by atoms with Crippen LogP contribution in [0, 0.1) is 13.8 Å². The fourth-order valence-electron chi connectivity index (χ4n) is 1.49. The molecule has 0 radical (unpaired) electrons. The lowest BCUT2D eigenvalue weighted by Crippen LogP contribution is -2.18. The maximum atomic E-state index is 12.1. The van der Waals surface area contributed by atoms with Crippen molar-refractivity contribution >= 4 is 17.7 Å². The molecular weight excluding hydrogens is 270 g/mol. The van der Waals surface area contributed by atoms with Gasteiger partial charge in [-0.25, -0.2) is 9.97 Å². The quantitative estimate of drug-likeness (QED) is 0.855. The minimum Gasteiger partial charge on any atom is -0.369 e. The highest BCUT2D eigenvalue weighted by Gasteiger charge is 2.11. The Morgan fingerprint density at radius 2 is 1.95 bits per heavy atom. The van der Waals surface area contributed by atoms with Gasteiger partial charge in [-0.15, -0.1) is 5.10 Å². The zero-order valence-electron chi connectivity index (χ0n) is 12.2. The monoisotopic (exact) mass is 287 g/mol. The summed E-state index contributed by atoms with van der Waals surface area (Å²) in [6.45, 7) is 6.41. The van der Waals surface area contributed by atoms with E-state index in [1.165, 1.54) is 6.20 Å². The summed E-state index contributed by atoms with van der Waals surface area (Å²) in [5.41, 5.74) is 1.63. The van der Waals surface area contributed by atoms with Gasteiger partial charge in [0, 0.05) is 6.54 Å². The molecule has 0 aliphatic heterocycles. The SMILES string of the molecule is CCCNc1cncc(C(=O)Nc2nnc(C)c(C)n2)n1. The fraction of sp³-hybridized carbons (Fsp3) is 0.385. The first kappa shape index (κ1) is 14.8. The van der Waals surface area contributed by atoms with Gasteiger partial charge >= 0.3 is 0 Å². The van der Waals surface area contributed by atoms with E-state index >= 15 is 0 Å². The summed E-state index contributed by atoms with van der Waals surface area (Å²) < 4.78 is 0. The molecule has 0 saturated heterocycles. The summed E-state index contributed by atoms with van der Waals surface area (Å²) in [6, 6.07) is 0. The van der Waals surface area contributed by atoms with E-state index in [0.717, 1.165) is 18.7 Å². The minimum absolute atomic E-state index is 0.150. The Labute approximate surface area is 122 Å². The van der Waals surface area contributed by atoms with Gasteiger partial charge in [0.1, 0.15) is 11.5 Å². The van der Waals surface area contributed by atoms with Crippen molar-refractivity contribution in [3.8, 4) is 0 Å². The second-order valence-electron chi connectivity index (χ2n) is 4.48. The Hall–Kier alpha value is -2.64. The molecule has 0 saturated carbocycles. The lowest BCUT2D eigenvalue weighted by atomic mass is 10.4. The zero-order valence-corrected chi connectivity index (χ0v) is 12.2. The first-order valence-electron chi connectivity index (χ1n) is 6.65. The Morgan fingerprint density at radius 1 is 1.14 bits per heavy atom. The van der Waals surface area contributed by atoms with Gasteiger partial charge in [0.2, 0.25) is 5.95 Å². The van der Waals surface area contributed by atoms with E-state index in [2.05, 4.69) is 35.8 Å². The number of anilines is 2. The van der Waals surface area contributed by atoms with Crippen molar-refractivity contribution in [2.45, 2.75) is 27.2 Å². The van der Waals surface area contributed by atoms with Crippen LogP contribution >= 0.6 is 0 Å². The maximum absolute atomic E-state index is 12.1. The molecule has 0 aromatic carbocycles. The normalized spacial score (nSPS) is 10.2. The summed E-state index contributed by atoms with van der Waals surface area (Å²) in [5, 5.41) is 13.4. The lowest BCUT2D eigenvalue weighted by Gasteiger charge is -2.06. The van der Waals surface area contributed by atoms with Gasteiger partial charge in [-0.1, -0.05) is 6.92 Å². The molecule has 2 heterocycles. The van der Waals surface area contributed by atoms with Crippen molar-refractivity contribution in [1.29, 1.82) is 0 Å². The van der Waals surface area contributed by atoms with Crippen LogP contribution in [-0.2, 0) is 0 Å². The maximum Gasteiger partial charge on any atom is 0.278 e. The first-order valence-corrected chi connectivity index (χ1v) is 6.65. The number of nitrogens with zero attached hydrogens (tertiary/aromatic N) is 5. The number of nitrogens with one attached hydrogen (secondary N) is 2. The molecule has 2 aromatic rings. The molecule has 0 bridgehead atoms. The molecule has 2 N–H and O–H groups in total. The topological polar surface area (TPSA) is 106 Å². The number of rotatable bonds is 5. The smallest absolute Gasteiger partial charge is 0.278 e.